The lowest BCUT2D eigenvalue weighted by molar-refractivity contribution is -0.121. The van der Waals surface area contributed by atoms with E-state index in [1.807, 2.05) is 24.3 Å². The van der Waals surface area contributed by atoms with Crippen LogP contribution in [0.4, 0.5) is 0 Å². The topological polar surface area (TPSA) is 123 Å². The highest BCUT2D eigenvalue weighted by Gasteiger charge is 2.20. The summed E-state index contributed by atoms with van der Waals surface area (Å²) < 4.78 is 7.31. The van der Waals surface area contributed by atoms with Crippen LogP contribution in [0.25, 0.3) is 10.9 Å². The maximum absolute atomic E-state index is 13.4. The average Bonchev–Trinajstić information content (AvgIpc) is 3.35. The third-order valence-electron chi connectivity index (χ3n) is 7.23. The van der Waals surface area contributed by atoms with Crippen molar-refractivity contribution in [1.82, 2.24) is 4.57 Å². The van der Waals surface area contributed by atoms with Crippen LogP contribution in [-0.4, -0.2) is 44.9 Å². The molecule has 0 aliphatic rings. The zero-order chi connectivity index (χ0) is 30.1. The van der Waals surface area contributed by atoms with Gasteiger partial charge in [-0.3, -0.25) is 9.59 Å². The van der Waals surface area contributed by atoms with Gasteiger partial charge in [0.05, 0.1) is 17.7 Å². The minimum Gasteiger partial charge on any atom is -0.486 e. The second-order valence-corrected chi connectivity index (χ2v) is 10.4. The molecule has 4 rings (SSSR count). The van der Waals surface area contributed by atoms with E-state index in [4.69, 9.17) is 4.74 Å². The Morgan fingerprint density at radius 1 is 0.762 bits per heavy atom. The van der Waals surface area contributed by atoms with Crippen molar-refractivity contribution in [1.29, 1.82) is 0 Å². The van der Waals surface area contributed by atoms with E-state index in [0.717, 1.165) is 12.8 Å². The molecule has 0 saturated carbocycles. The number of carboxylic acids is 2. The van der Waals surface area contributed by atoms with Crippen LogP contribution in [0.15, 0.2) is 72.9 Å². The first-order valence-corrected chi connectivity index (χ1v) is 14.2. The maximum atomic E-state index is 13.4. The molecular formula is C34H35NO7. The van der Waals surface area contributed by atoms with Gasteiger partial charge in [-0.1, -0.05) is 63.3 Å². The second kappa shape index (κ2) is 14.3. The number of Topliss-reactive ketones (excluding diaryl/α,β-unsaturated/α-hetero) is 1. The number of rotatable bonds is 16. The van der Waals surface area contributed by atoms with Crippen molar-refractivity contribution in [2.45, 2.75) is 58.4 Å². The van der Waals surface area contributed by atoms with Crippen molar-refractivity contribution in [2.24, 2.45) is 0 Å². The smallest absolute Gasteiger partial charge is 0.335 e. The minimum absolute atomic E-state index is 0.0109. The van der Waals surface area contributed by atoms with Gasteiger partial charge in [0.25, 0.3) is 0 Å². The number of fused-ring (bicyclic) bond motifs is 1. The van der Waals surface area contributed by atoms with E-state index in [-0.39, 0.29) is 41.2 Å². The van der Waals surface area contributed by atoms with E-state index in [1.165, 1.54) is 80.3 Å². The highest BCUT2D eigenvalue weighted by atomic mass is 16.5. The number of carbonyl (C=O) groups excluding carboxylic acids is 2. The summed E-state index contributed by atoms with van der Waals surface area (Å²) in [5.74, 6) is -2.45. The predicted molar refractivity (Wildman–Crippen MR) is 160 cm³/mol. The first-order chi connectivity index (χ1) is 20.3. The number of ether oxygens (including phenoxy) is 1. The molecule has 0 atom stereocenters. The summed E-state index contributed by atoms with van der Waals surface area (Å²) in [6.45, 7) is 1.94. The van der Waals surface area contributed by atoms with Crippen LogP contribution in [0.3, 0.4) is 0 Å². The van der Waals surface area contributed by atoms with Gasteiger partial charge in [0, 0.05) is 28.2 Å². The van der Waals surface area contributed by atoms with Gasteiger partial charge in [0.1, 0.15) is 12.4 Å². The average molecular weight is 570 g/mol. The van der Waals surface area contributed by atoms with Gasteiger partial charge in [-0.2, -0.15) is 0 Å². The predicted octanol–water partition coefficient (Wildman–Crippen LogP) is 6.82. The van der Waals surface area contributed by atoms with Gasteiger partial charge in [0.15, 0.2) is 11.6 Å². The zero-order valence-corrected chi connectivity index (χ0v) is 23.7. The van der Waals surface area contributed by atoms with Crippen LogP contribution in [0.2, 0.25) is 0 Å². The molecular weight excluding hydrogens is 534 g/mol. The van der Waals surface area contributed by atoms with E-state index in [9.17, 15) is 29.4 Å². The van der Waals surface area contributed by atoms with Crippen LogP contribution in [0, 0.1) is 0 Å². The number of carbonyl (C=O) groups is 4. The van der Waals surface area contributed by atoms with E-state index in [2.05, 4.69) is 6.92 Å². The van der Waals surface area contributed by atoms with Gasteiger partial charge in [0.2, 0.25) is 0 Å². The lowest BCUT2D eigenvalue weighted by atomic mass is 10.00. The summed E-state index contributed by atoms with van der Waals surface area (Å²) in [4.78, 5) is 49.3. The molecule has 0 fully saturated rings. The van der Waals surface area contributed by atoms with Crippen LogP contribution >= 0.6 is 0 Å². The SMILES string of the molecule is CCCCCCCCc1ccc(OCC(=O)Cn2cc(C(=O)c3cccc(C(=O)O)c3)c3cc(C(=O)O)ccc32)cc1. The molecule has 1 heterocycles. The van der Waals surface area contributed by atoms with E-state index >= 15 is 0 Å². The minimum atomic E-state index is -1.17. The van der Waals surface area contributed by atoms with Crippen LogP contribution in [0.1, 0.15) is 87.6 Å². The summed E-state index contributed by atoms with van der Waals surface area (Å²) in [7, 11) is 0. The third-order valence-corrected chi connectivity index (χ3v) is 7.23. The molecule has 8 heteroatoms. The van der Waals surface area contributed by atoms with Crippen molar-refractivity contribution in [3.63, 3.8) is 0 Å². The lowest BCUT2D eigenvalue weighted by Crippen LogP contribution is -2.17. The van der Waals surface area contributed by atoms with Crippen LogP contribution in [0.5, 0.6) is 5.75 Å². The number of aromatic carboxylic acids is 2. The summed E-state index contributed by atoms with van der Waals surface area (Å²) in [6, 6.07) is 17.7. The summed E-state index contributed by atoms with van der Waals surface area (Å²) in [6.07, 6.45) is 9.97. The van der Waals surface area contributed by atoms with Crippen LogP contribution < -0.4 is 4.74 Å². The van der Waals surface area contributed by atoms with Gasteiger partial charge in [-0.25, -0.2) is 9.59 Å². The van der Waals surface area contributed by atoms with Gasteiger partial charge < -0.3 is 19.5 Å². The number of benzene rings is 3. The molecule has 0 spiro atoms. The summed E-state index contributed by atoms with van der Waals surface area (Å²) >= 11 is 0. The Morgan fingerprint density at radius 3 is 2.14 bits per heavy atom. The molecule has 0 amide bonds. The number of carboxylic acid groups (broad SMARTS) is 2. The van der Waals surface area contributed by atoms with Gasteiger partial charge in [-0.05, 0) is 60.9 Å². The fraction of sp³-hybridized carbons (Fsp3) is 0.294. The Kier molecular flexibility index (Phi) is 10.3. The standard InChI is InChI=1S/C34H35NO7/c1-2-3-4-5-6-7-9-23-12-15-28(16-13-23)42-22-27(36)20-35-21-30(29-19-26(34(40)41)14-17-31(29)35)32(37)24-10-8-11-25(18-24)33(38)39/h8,10-19,21H,2-7,9,20,22H2,1H3,(H,38,39)(H,40,41). The van der Waals surface area contributed by atoms with E-state index in [0.29, 0.717) is 16.7 Å². The van der Waals surface area contributed by atoms with E-state index < -0.39 is 17.7 Å². The molecule has 42 heavy (non-hydrogen) atoms. The van der Waals surface area contributed by atoms with Crippen molar-refractivity contribution in [2.75, 3.05) is 6.61 Å². The molecule has 2 N–H and O–H groups in total. The highest BCUT2D eigenvalue weighted by Crippen LogP contribution is 2.26. The Hall–Kier alpha value is -4.72. The first kappa shape index (κ1) is 30.2. The molecule has 4 aromatic rings. The largest absolute Gasteiger partial charge is 0.486 e. The number of aryl methyl sites for hydroxylation is 1. The fourth-order valence-corrected chi connectivity index (χ4v) is 4.95. The molecule has 0 radical (unpaired) electrons. The molecule has 8 nitrogen and oxygen atoms in total. The fourth-order valence-electron chi connectivity index (χ4n) is 4.95. The number of hydrogen-bond donors (Lipinski definition) is 2. The van der Waals surface area contributed by atoms with E-state index in [1.54, 1.807) is 10.6 Å². The van der Waals surface area contributed by atoms with Crippen molar-refractivity contribution < 1.29 is 34.1 Å². The Balaban J connectivity index is 1.44. The first-order valence-electron chi connectivity index (χ1n) is 14.2. The molecule has 218 valence electrons. The summed E-state index contributed by atoms with van der Waals surface area (Å²) in [5.41, 5.74) is 2.00. The molecule has 3 aromatic carbocycles. The quantitative estimate of drug-likeness (QED) is 0.112. The van der Waals surface area contributed by atoms with Gasteiger partial charge in [-0.15, -0.1) is 0 Å². The van der Waals surface area contributed by atoms with Crippen LogP contribution in [-0.2, 0) is 17.8 Å². The molecule has 1 aromatic heterocycles. The molecule has 0 aliphatic heterocycles. The number of aromatic nitrogens is 1. The zero-order valence-electron chi connectivity index (χ0n) is 23.7. The van der Waals surface area contributed by atoms with Crippen molar-refractivity contribution in [3.8, 4) is 5.75 Å². The number of ketones is 2. The Labute approximate surface area is 244 Å². The highest BCUT2D eigenvalue weighted by molar-refractivity contribution is 6.17. The monoisotopic (exact) mass is 569 g/mol. The lowest BCUT2D eigenvalue weighted by Gasteiger charge is -2.08. The normalized spacial score (nSPS) is 11.0. The molecule has 0 saturated heterocycles. The summed E-state index contributed by atoms with van der Waals surface area (Å²) in [5, 5.41) is 19.2. The van der Waals surface area contributed by atoms with Gasteiger partial charge >= 0.3 is 11.9 Å². The molecule has 0 unspecified atom stereocenters. The van der Waals surface area contributed by atoms with Crippen molar-refractivity contribution >= 4 is 34.4 Å². The molecule has 0 aliphatic carbocycles. The Bertz CT molecular complexity index is 1580. The maximum Gasteiger partial charge on any atom is 0.335 e. The second-order valence-electron chi connectivity index (χ2n) is 10.4. The third kappa shape index (κ3) is 7.72. The number of nitrogens with zero attached hydrogens (tertiary/aromatic N) is 1. The molecule has 0 bridgehead atoms. The van der Waals surface area contributed by atoms with Crippen molar-refractivity contribution in [3.05, 3.63) is 101 Å². The number of unbranched alkanes of at least 4 members (excludes halogenated alkanes) is 5. The Morgan fingerprint density at radius 2 is 1.43 bits per heavy atom. The number of hydrogen-bond acceptors (Lipinski definition) is 5.